The Balaban J connectivity index is 2.81. The molecule has 4 heteroatoms. The second-order valence-corrected chi connectivity index (χ2v) is 3.91. The van der Waals surface area contributed by atoms with Crippen molar-refractivity contribution in [2.24, 2.45) is 0 Å². The Morgan fingerprint density at radius 3 is 2.65 bits per heavy atom. The molecule has 0 heterocycles. The minimum Gasteiger partial charge on any atom is -0.491 e. The van der Waals surface area contributed by atoms with Crippen LogP contribution in [0.2, 0.25) is 0 Å². The number of hydrogen-bond acceptors (Lipinski definition) is 3. The molecule has 0 saturated heterocycles. The summed E-state index contributed by atoms with van der Waals surface area (Å²) in [4.78, 5) is 0. The minimum absolute atomic E-state index is 0.114. The lowest BCUT2D eigenvalue weighted by Gasteiger charge is -2.20. The molecule has 2 atom stereocenters. The van der Waals surface area contributed by atoms with Crippen molar-refractivity contribution in [2.75, 3.05) is 13.2 Å². The number of aliphatic hydroxyl groups is 1. The van der Waals surface area contributed by atoms with Crippen molar-refractivity contribution < 1.29 is 14.2 Å². The van der Waals surface area contributed by atoms with Gasteiger partial charge in [0, 0.05) is 6.04 Å². The van der Waals surface area contributed by atoms with Crippen molar-refractivity contribution in [3.8, 4) is 5.75 Å². The van der Waals surface area contributed by atoms with Crippen LogP contribution in [-0.2, 0) is 0 Å². The monoisotopic (exact) mass is 241 g/mol. The number of nitrogens with one attached hydrogen (secondary N) is 1. The molecule has 0 aliphatic heterocycles. The van der Waals surface area contributed by atoms with Crippen LogP contribution in [0, 0.1) is 5.82 Å². The lowest BCUT2D eigenvalue weighted by atomic mass is 10.0. The quantitative estimate of drug-likeness (QED) is 0.802. The van der Waals surface area contributed by atoms with Gasteiger partial charge in [0.2, 0.25) is 0 Å². The van der Waals surface area contributed by atoms with Crippen molar-refractivity contribution in [2.45, 2.75) is 32.9 Å². The van der Waals surface area contributed by atoms with E-state index in [2.05, 4.69) is 5.32 Å². The Hall–Kier alpha value is -1.13. The smallest absolute Gasteiger partial charge is 0.165 e. The molecule has 1 rings (SSSR count). The molecular weight excluding hydrogens is 221 g/mol. The molecule has 0 amide bonds. The van der Waals surface area contributed by atoms with Gasteiger partial charge in [0.15, 0.2) is 11.6 Å². The van der Waals surface area contributed by atoms with Gasteiger partial charge in [-0.05, 0) is 38.1 Å². The molecule has 3 nitrogen and oxygen atoms in total. The molecule has 1 aromatic carbocycles. The van der Waals surface area contributed by atoms with E-state index in [0.29, 0.717) is 12.2 Å². The highest BCUT2D eigenvalue weighted by Crippen LogP contribution is 2.23. The van der Waals surface area contributed by atoms with E-state index in [1.54, 1.807) is 19.1 Å². The lowest BCUT2D eigenvalue weighted by Crippen LogP contribution is -2.31. The first-order valence-corrected chi connectivity index (χ1v) is 5.93. The van der Waals surface area contributed by atoms with Crippen LogP contribution in [0.25, 0.3) is 0 Å². The summed E-state index contributed by atoms with van der Waals surface area (Å²) in [5, 5.41) is 13.1. The highest BCUT2D eigenvalue weighted by molar-refractivity contribution is 5.31. The molecule has 0 bridgehead atoms. The van der Waals surface area contributed by atoms with Gasteiger partial charge in [0.1, 0.15) is 0 Å². The van der Waals surface area contributed by atoms with Crippen molar-refractivity contribution in [3.63, 3.8) is 0 Å². The summed E-state index contributed by atoms with van der Waals surface area (Å²) in [7, 11) is 0. The second kappa shape index (κ2) is 6.57. The van der Waals surface area contributed by atoms with Gasteiger partial charge >= 0.3 is 0 Å². The van der Waals surface area contributed by atoms with E-state index in [1.807, 2.05) is 13.8 Å². The molecule has 2 unspecified atom stereocenters. The minimum atomic E-state index is -0.722. The zero-order valence-electron chi connectivity index (χ0n) is 10.5. The van der Waals surface area contributed by atoms with E-state index in [1.165, 1.54) is 6.07 Å². The molecule has 17 heavy (non-hydrogen) atoms. The zero-order valence-corrected chi connectivity index (χ0v) is 10.5. The first-order chi connectivity index (χ1) is 8.10. The van der Waals surface area contributed by atoms with Crippen LogP contribution in [0.5, 0.6) is 5.75 Å². The molecule has 0 aliphatic rings. The summed E-state index contributed by atoms with van der Waals surface area (Å²) in [5.74, 6) is -0.216. The lowest BCUT2D eigenvalue weighted by molar-refractivity contribution is 0.136. The normalized spacial score (nSPS) is 14.4. The SMILES string of the molecule is CCNC(C)C(O)c1ccc(OCC)c(F)c1. The van der Waals surface area contributed by atoms with Gasteiger partial charge in [-0.3, -0.25) is 0 Å². The van der Waals surface area contributed by atoms with Gasteiger partial charge < -0.3 is 15.2 Å². The predicted octanol–water partition coefficient (Wildman–Crippen LogP) is 2.26. The second-order valence-electron chi connectivity index (χ2n) is 3.91. The summed E-state index contributed by atoms with van der Waals surface area (Å²) < 4.78 is 18.7. The van der Waals surface area contributed by atoms with Crippen molar-refractivity contribution in [3.05, 3.63) is 29.6 Å². The van der Waals surface area contributed by atoms with Gasteiger partial charge in [0.25, 0.3) is 0 Å². The van der Waals surface area contributed by atoms with Crippen LogP contribution in [-0.4, -0.2) is 24.3 Å². The maximum Gasteiger partial charge on any atom is 0.165 e. The Labute approximate surface area is 102 Å². The molecule has 0 spiro atoms. The van der Waals surface area contributed by atoms with Crippen molar-refractivity contribution in [1.29, 1.82) is 0 Å². The largest absolute Gasteiger partial charge is 0.491 e. The molecule has 0 fully saturated rings. The van der Waals surface area contributed by atoms with Crippen molar-refractivity contribution in [1.82, 2.24) is 5.32 Å². The van der Waals surface area contributed by atoms with Gasteiger partial charge in [-0.25, -0.2) is 4.39 Å². The van der Waals surface area contributed by atoms with Crippen LogP contribution < -0.4 is 10.1 Å². The van der Waals surface area contributed by atoms with E-state index in [4.69, 9.17) is 4.74 Å². The highest BCUT2D eigenvalue weighted by atomic mass is 19.1. The molecule has 0 radical (unpaired) electrons. The number of benzene rings is 1. The molecular formula is C13H20FNO2. The van der Waals surface area contributed by atoms with E-state index in [9.17, 15) is 9.50 Å². The summed E-state index contributed by atoms with van der Waals surface area (Å²) in [6.07, 6.45) is -0.722. The molecule has 1 aromatic rings. The fourth-order valence-corrected chi connectivity index (χ4v) is 1.70. The van der Waals surface area contributed by atoms with Gasteiger partial charge in [-0.15, -0.1) is 0 Å². The maximum absolute atomic E-state index is 13.6. The highest BCUT2D eigenvalue weighted by Gasteiger charge is 2.17. The number of rotatable bonds is 6. The van der Waals surface area contributed by atoms with E-state index < -0.39 is 11.9 Å². The average Bonchev–Trinajstić information content (AvgIpc) is 2.31. The Morgan fingerprint density at radius 2 is 2.12 bits per heavy atom. The third-order valence-electron chi connectivity index (χ3n) is 2.60. The number of aliphatic hydroxyl groups excluding tert-OH is 1. The maximum atomic E-state index is 13.6. The predicted molar refractivity (Wildman–Crippen MR) is 65.7 cm³/mol. The number of ether oxygens (including phenoxy) is 1. The summed E-state index contributed by atoms with van der Waals surface area (Å²) in [6, 6.07) is 4.45. The first-order valence-electron chi connectivity index (χ1n) is 5.93. The van der Waals surface area contributed by atoms with E-state index >= 15 is 0 Å². The Bertz CT molecular complexity index is 357. The van der Waals surface area contributed by atoms with Crippen LogP contribution in [0.15, 0.2) is 18.2 Å². The number of hydrogen-bond donors (Lipinski definition) is 2. The fraction of sp³-hybridized carbons (Fsp3) is 0.538. The third-order valence-corrected chi connectivity index (χ3v) is 2.60. The first kappa shape index (κ1) is 13.9. The van der Waals surface area contributed by atoms with Crippen LogP contribution >= 0.6 is 0 Å². The number of likely N-dealkylation sites (N-methyl/N-ethyl adjacent to an activating group) is 1. The zero-order chi connectivity index (χ0) is 12.8. The molecule has 2 N–H and O–H groups in total. The van der Waals surface area contributed by atoms with Gasteiger partial charge in [-0.2, -0.15) is 0 Å². The van der Waals surface area contributed by atoms with Crippen molar-refractivity contribution >= 4 is 0 Å². The Morgan fingerprint density at radius 1 is 1.41 bits per heavy atom. The van der Waals surface area contributed by atoms with E-state index in [0.717, 1.165) is 6.54 Å². The molecule has 0 aliphatic carbocycles. The van der Waals surface area contributed by atoms with Gasteiger partial charge in [0.05, 0.1) is 12.7 Å². The van der Waals surface area contributed by atoms with Gasteiger partial charge in [-0.1, -0.05) is 13.0 Å². The topological polar surface area (TPSA) is 41.5 Å². The average molecular weight is 241 g/mol. The summed E-state index contributed by atoms with van der Waals surface area (Å²) in [5.41, 5.74) is 0.555. The standard InChI is InChI=1S/C13H20FNO2/c1-4-15-9(3)13(16)10-6-7-12(17-5-2)11(14)8-10/h6-9,13,15-16H,4-5H2,1-3H3. The van der Waals surface area contributed by atoms with Crippen LogP contribution in [0.1, 0.15) is 32.4 Å². The molecule has 0 aromatic heterocycles. The third kappa shape index (κ3) is 3.68. The van der Waals surface area contributed by atoms with Crippen LogP contribution in [0.4, 0.5) is 4.39 Å². The molecule has 0 saturated carbocycles. The Kier molecular flexibility index (Phi) is 5.38. The summed E-state index contributed by atoms with van der Waals surface area (Å²) in [6.45, 7) is 6.81. The molecule has 96 valence electrons. The number of halogens is 1. The van der Waals surface area contributed by atoms with E-state index in [-0.39, 0.29) is 11.8 Å². The van der Waals surface area contributed by atoms with Crippen LogP contribution in [0.3, 0.4) is 0 Å². The summed E-state index contributed by atoms with van der Waals surface area (Å²) >= 11 is 0. The fourth-order valence-electron chi connectivity index (χ4n) is 1.70.